The summed E-state index contributed by atoms with van der Waals surface area (Å²) >= 11 is 0. The number of carboxylic acid groups (broad SMARTS) is 1. The van der Waals surface area contributed by atoms with Crippen molar-refractivity contribution in [3.05, 3.63) is 29.6 Å². The second-order valence-electron chi connectivity index (χ2n) is 3.57. The number of benzene rings is 1. The first-order chi connectivity index (χ1) is 7.88. The van der Waals surface area contributed by atoms with E-state index in [1.54, 1.807) is 0 Å². The average molecular weight is 244 g/mol. The fourth-order valence-corrected chi connectivity index (χ4v) is 0.905. The molecule has 17 heavy (non-hydrogen) atoms. The first-order valence-corrected chi connectivity index (χ1v) is 4.92. The highest BCUT2D eigenvalue weighted by molar-refractivity contribution is 5.88. The Kier molecular flexibility index (Phi) is 6.85. The Hall–Kier alpha value is -1.66. The van der Waals surface area contributed by atoms with Gasteiger partial charge in [-0.1, -0.05) is 0 Å². The molecule has 0 aliphatic rings. The van der Waals surface area contributed by atoms with Crippen LogP contribution in [0.2, 0.25) is 0 Å². The third kappa shape index (κ3) is 6.49. The average Bonchev–Trinajstić information content (AvgIpc) is 2.17. The van der Waals surface area contributed by atoms with Crippen molar-refractivity contribution in [3.63, 3.8) is 0 Å². The van der Waals surface area contributed by atoms with Gasteiger partial charge < -0.3 is 20.8 Å². The Labute approximate surface area is 99.3 Å². The van der Waals surface area contributed by atoms with Gasteiger partial charge in [0, 0.05) is 12.2 Å². The van der Waals surface area contributed by atoms with Gasteiger partial charge >= 0.3 is 5.97 Å². The zero-order valence-electron chi connectivity index (χ0n) is 9.85. The van der Waals surface area contributed by atoms with Crippen molar-refractivity contribution >= 4 is 11.7 Å². The van der Waals surface area contributed by atoms with Crippen LogP contribution < -0.4 is 5.73 Å². The van der Waals surface area contributed by atoms with Gasteiger partial charge in [-0.25, -0.2) is 9.18 Å². The molecular weight excluding hydrogens is 227 g/mol. The standard InChI is InChI=1S/C7H6FNO2.C4H11NO/c8-6-3-4(9)1-2-5(6)7(10)11;1-5(2)3-4-6/h1-3H,9H2,(H,10,11);6H,3-4H2,1-2H3. The Balaban J connectivity index is 0.000000366. The number of nitrogens with zero attached hydrogens (tertiary/aromatic N) is 1. The van der Waals surface area contributed by atoms with E-state index < -0.39 is 11.8 Å². The van der Waals surface area contributed by atoms with Gasteiger partial charge in [-0.2, -0.15) is 0 Å². The molecule has 5 nitrogen and oxygen atoms in total. The third-order valence-corrected chi connectivity index (χ3v) is 1.77. The summed E-state index contributed by atoms with van der Waals surface area (Å²) in [6.45, 7) is 1.02. The number of carbonyl (C=O) groups is 1. The number of nitrogen functional groups attached to an aromatic ring is 1. The van der Waals surface area contributed by atoms with Crippen LogP contribution in [0.15, 0.2) is 18.2 Å². The van der Waals surface area contributed by atoms with Gasteiger partial charge in [0.15, 0.2) is 0 Å². The molecule has 0 saturated carbocycles. The molecule has 0 amide bonds. The summed E-state index contributed by atoms with van der Waals surface area (Å²) in [4.78, 5) is 12.2. The van der Waals surface area contributed by atoms with Crippen LogP contribution in [0, 0.1) is 5.82 Å². The van der Waals surface area contributed by atoms with E-state index in [4.69, 9.17) is 15.9 Å². The van der Waals surface area contributed by atoms with Crippen LogP contribution >= 0.6 is 0 Å². The molecule has 0 aliphatic carbocycles. The number of hydrogen-bond donors (Lipinski definition) is 3. The predicted molar refractivity (Wildman–Crippen MR) is 63.4 cm³/mol. The molecule has 0 bridgehead atoms. The van der Waals surface area contributed by atoms with E-state index in [0.29, 0.717) is 0 Å². The fraction of sp³-hybridized carbons (Fsp3) is 0.364. The van der Waals surface area contributed by atoms with Crippen molar-refractivity contribution < 1.29 is 19.4 Å². The van der Waals surface area contributed by atoms with Gasteiger partial charge in [-0.15, -0.1) is 0 Å². The summed E-state index contributed by atoms with van der Waals surface area (Å²) in [5, 5.41) is 16.6. The summed E-state index contributed by atoms with van der Waals surface area (Å²) < 4.78 is 12.6. The van der Waals surface area contributed by atoms with E-state index >= 15 is 0 Å². The van der Waals surface area contributed by atoms with Crippen LogP contribution in [0.5, 0.6) is 0 Å². The first-order valence-electron chi connectivity index (χ1n) is 4.92. The predicted octanol–water partition coefficient (Wildman–Crippen LogP) is 0.646. The molecule has 0 aliphatic heterocycles. The molecule has 0 fully saturated rings. The Morgan fingerprint density at radius 2 is 2.06 bits per heavy atom. The van der Waals surface area contributed by atoms with Crippen LogP contribution in [0.25, 0.3) is 0 Å². The van der Waals surface area contributed by atoms with Gasteiger partial charge in [0.2, 0.25) is 0 Å². The molecule has 0 spiro atoms. The summed E-state index contributed by atoms with van der Waals surface area (Å²) in [7, 11) is 3.85. The number of likely N-dealkylation sites (N-methyl/N-ethyl adjacent to an activating group) is 1. The second kappa shape index (κ2) is 7.59. The molecular formula is C11H17FN2O3. The highest BCUT2D eigenvalue weighted by atomic mass is 19.1. The lowest BCUT2D eigenvalue weighted by Crippen LogP contribution is -2.15. The van der Waals surface area contributed by atoms with E-state index in [1.807, 2.05) is 19.0 Å². The summed E-state index contributed by atoms with van der Waals surface area (Å²) in [6.07, 6.45) is 0. The number of nitrogens with two attached hydrogens (primary N) is 1. The van der Waals surface area contributed by atoms with Crippen molar-refractivity contribution in [1.29, 1.82) is 0 Å². The molecule has 0 aromatic heterocycles. The lowest BCUT2D eigenvalue weighted by Gasteiger charge is -2.03. The van der Waals surface area contributed by atoms with Gasteiger partial charge in [-0.05, 0) is 32.3 Å². The number of aliphatic hydroxyl groups excluding tert-OH is 1. The van der Waals surface area contributed by atoms with Crippen molar-refractivity contribution in [2.75, 3.05) is 33.0 Å². The molecule has 0 unspecified atom stereocenters. The molecule has 4 N–H and O–H groups in total. The molecule has 1 aromatic rings. The van der Waals surface area contributed by atoms with Crippen LogP contribution in [0.3, 0.4) is 0 Å². The molecule has 0 radical (unpaired) electrons. The van der Waals surface area contributed by atoms with E-state index in [9.17, 15) is 9.18 Å². The highest BCUT2D eigenvalue weighted by Crippen LogP contribution is 2.10. The lowest BCUT2D eigenvalue weighted by atomic mass is 10.2. The summed E-state index contributed by atoms with van der Waals surface area (Å²) in [5.41, 5.74) is 5.05. The Morgan fingerprint density at radius 3 is 2.35 bits per heavy atom. The number of hydrogen-bond acceptors (Lipinski definition) is 4. The highest BCUT2D eigenvalue weighted by Gasteiger charge is 2.08. The van der Waals surface area contributed by atoms with Crippen molar-refractivity contribution in [1.82, 2.24) is 4.90 Å². The van der Waals surface area contributed by atoms with Crippen LogP contribution in [0.4, 0.5) is 10.1 Å². The SMILES string of the molecule is CN(C)CCO.Nc1ccc(C(=O)O)c(F)c1. The zero-order valence-corrected chi connectivity index (χ0v) is 9.85. The minimum Gasteiger partial charge on any atom is -0.478 e. The molecule has 6 heteroatoms. The molecule has 1 rings (SSSR count). The van der Waals surface area contributed by atoms with Gasteiger partial charge in [-0.3, -0.25) is 0 Å². The van der Waals surface area contributed by atoms with Crippen LogP contribution in [0.1, 0.15) is 10.4 Å². The summed E-state index contributed by atoms with van der Waals surface area (Å²) in [5.74, 6) is -2.10. The number of halogens is 1. The summed E-state index contributed by atoms with van der Waals surface area (Å²) in [6, 6.07) is 3.45. The van der Waals surface area contributed by atoms with E-state index in [1.165, 1.54) is 6.07 Å². The van der Waals surface area contributed by atoms with Crippen molar-refractivity contribution in [3.8, 4) is 0 Å². The van der Waals surface area contributed by atoms with Crippen LogP contribution in [-0.4, -0.2) is 48.3 Å². The quantitative estimate of drug-likeness (QED) is 0.679. The molecule has 96 valence electrons. The monoisotopic (exact) mass is 244 g/mol. The lowest BCUT2D eigenvalue weighted by molar-refractivity contribution is 0.0692. The maximum absolute atomic E-state index is 12.6. The normalized spacial score (nSPS) is 9.71. The first kappa shape index (κ1) is 15.3. The smallest absolute Gasteiger partial charge is 0.338 e. The van der Waals surface area contributed by atoms with Gasteiger partial charge in [0.1, 0.15) is 5.82 Å². The van der Waals surface area contributed by atoms with Gasteiger partial charge in [0.05, 0.1) is 12.2 Å². The third-order valence-electron chi connectivity index (χ3n) is 1.77. The number of anilines is 1. The van der Waals surface area contributed by atoms with E-state index in [-0.39, 0.29) is 17.9 Å². The topological polar surface area (TPSA) is 86.8 Å². The van der Waals surface area contributed by atoms with Crippen molar-refractivity contribution in [2.24, 2.45) is 0 Å². The number of carboxylic acids is 1. The minimum absolute atomic E-state index is 0.215. The number of aliphatic hydroxyl groups is 1. The zero-order chi connectivity index (χ0) is 13.4. The Morgan fingerprint density at radius 1 is 1.47 bits per heavy atom. The van der Waals surface area contributed by atoms with E-state index in [0.717, 1.165) is 18.7 Å². The van der Waals surface area contributed by atoms with E-state index in [2.05, 4.69) is 0 Å². The Bertz CT molecular complexity index is 370. The van der Waals surface area contributed by atoms with Gasteiger partial charge in [0.25, 0.3) is 0 Å². The number of rotatable bonds is 3. The minimum atomic E-state index is -1.29. The molecule has 0 atom stereocenters. The largest absolute Gasteiger partial charge is 0.478 e. The maximum Gasteiger partial charge on any atom is 0.338 e. The number of aromatic carboxylic acids is 1. The van der Waals surface area contributed by atoms with Crippen molar-refractivity contribution in [2.45, 2.75) is 0 Å². The maximum atomic E-state index is 12.6. The molecule has 0 saturated heterocycles. The molecule has 0 heterocycles. The van der Waals surface area contributed by atoms with Crippen LogP contribution in [-0.2, 0) is 0 Å². The second-order valence-corrected chi connectivity index (χ2v) is 3.57. The fourth-order valence-electron chi connectivity index (χ4n) is 0.905. The molecule has 1 aromatic carbocycles.